The van der Waals surface area contributed by atoms with E-state index in [-0.39, 0.29) is 0 Å². The van der Waals surface area contributed by atoms with E-state index in [4.69, 9.17) is 10.5 Å². The van der Waals surface area contributed by atoms with E-state index in [1.165, 1.54) is 11.1 Å². The quantitative estimate of drug-likeness (QED) is 0.790. The number of aromatic nitrogens is 2. The van der Waals surface area contributed by atoms with E-state index in [1.54, 1.807) is 4.68 Å². The zero-order valence-corrected chi connectivity index (χ0v) is 14.1. The molecule has 2 aromatic rings. The Bertz CT molecular complexity index is 713. The number of anilines is 1. The number of hydrogen-bond acceptors (Lipinski definition) is 4. The molecule has 0 aliphatic carbocycles. The van der Waals surface area contributed by atoms with Gasteiger partial charge in [-0.2, -0.15) is 5.26 Å². The Hall–Kier alpha value is -2.48. The second-order valence-electron chi connectivity index (χ2n) is 5.81. The third-order valence-electron chi connectivity index (χ3n) is 3.99. The lowest BCUT2D eigenvalue weighted by Gasteiger charge is -2.06. The summed E-state index contributed by atoms with van der Waals surface area (Å²) in [4.78, 5) is 0. The van der Waals surface area contributed by atoms with Crippen molar-refractivity contribution in [1.29, 1.82) is 5.26 Å². The van der Waals surface area contributed by atoms with Gasteiger partial charge in [0.2, 0.25) is 0 Å². The van der Waals surface area contributed by atoms with Crippen LogP contribution in [-0.4, -0.2) is 9.78 Å². The highest BCUT2D eigenvalue weighted by molar-refractivity contribution is 5.55. The van der Waals surface area contributed by atoms with Gasteiger partial charge in [-0.05, 0) is 37.0 Å². The smallest absolute Gasteiger partial charge is 0.253 e. The van der Waals surface area contributed by atoms with Crippen LogP contribution in [0.4, 0.5) is 5.82 Å². The van der Waals surface area contributed by atoms with E-state index in [0.29, 0.717) is 30.4 Å². The number of unbranched alkanes of at least 4 members (excludes halogenated alkanes) is 2. The van der Waals surface area contributed by atoms with Crippen molar-refractivity contribution in [2.24, 2.45) is 0 Å². The largest absolute Gasteiger partial charge is 0.471 e. The van der Waals surface area contributed by atoms with Crippen LogP contribution < -0.4 is 10.5 Å². The van der Waals surface area contributed by atoms with Crippen molar-refractivity contribution >= 4 is 5.82 Å². The molecule has 0 aliphatic rings. The highest BCUT2D eigenvalue weighted by atomic mass is 16.5. The van der Waals surface area contributed by atoms with Crippen molar-refractivity contribution in [2.45, 2.75) is 53.2 Å². The Kier molecular flexibility index (Phi) is 5.64. The highest BCUT2D eigenvalue weighted by Gasteiger charge is 2.16. The van der Waals surface area contributed by atoms with Crippen molar-refractivity contribution in [3.8, 4) is 11.9 Å². The second-order valence-corrected chi connectivity index (χ2v) is 5.81. The van der Waals surface area contributed by atoms with Gasteiger partial charge in [-0.1, -0.05) is 38.0 Å². The van der Waals surface area contributed by atoms with E-state index in [1.807, 2.05) is 6.07 Å². The highest BCUT2D eigenvalue weighted by Crippen LogP contribution is 2.24. The summed E-state index contributed by atoms with van der Waals surface area (Å²) in [6.45, 7) is 7.38. The summed E-state index contributed by atoms with van der Waals surface area (Å²) in [7, 11) is 0. The van der Waals surface area contributed by atoms with Gasteiger partial charge in [-0.15, -0.1) is 5.10 Å². The van der Waals surface area contributed by atoms with Gasteiger partial charge in [-0.25, -0.2) is 4.68 Å². The number of hydrogen-bond donors (Lipinski definition) is 1. The average Bonchev–Trinajstić information content (AvgIpc) is 2.84. The summed E-state index contributed by atoms with van der Waals surface area (Å²) >= 11 is 0. The Labute approximate surface area is 137 Å². The predicted molar refractivity (Wildman–Crippen MR) is 91.1 cm³/mol. The first-order chi connectivity index (χ1) is 11.1. The van der Waals surface area contributed by atoms with E-state index < -0.39 is 0 Å². The molecule has 0 saturated heterocycles. The van der Waals surface area contributed by atoms with Crippen LogP contribution in [0.15, 0.2) is 18.2 Å². The molecule has 0 bridgehead atoms. The predicted octanol–water partition coefficient (Wildman–Crippen LogP) is 3.72. The summed E-state index contributed by atoms with van der Waals surface area (Å²) in [6, 6.07) is 8.27. The molecule has 0 saturated carbocycles. The van der Waals surface area contributed by atoms with Gasteiger partial charge in [0.25, 0.3) is 5.88 Å². The molecule has 0 spiro atoms. The molecule has 1 aromatic heterocycles. The van der Waals surface area contributed by atoms with Crippen molar-refractivity contribution in [3.05, 3.63) is 40.5 Å². The molecule has 0 atom stereocenters. The number of nitrogen functional groups attached to an aromatic ring is 1. The summed E-state index contributed by atoms with van der Waals surface area (Å²) in [5.41, 5.74) is 9.85. The fourth-order valence-corrected chi connectivity index (χ4v) is 2.39. The zero-order valence-electron chi connectivity index (χ0n) is 14.1. The van der Waals surface area contributed by atoms with E-state index >= 15 is 0 Å². The standard InChI is InChI=1S/C18H24N4O/c1-4-5-6-9-22-17(20)16(11-19)18(21-22)23-12-15-8-7-13(2)14(3)10-15/h7-8,10H,4-6,9,12,20H2,1-3H3. The van der Waals surface area contributed by atoms with Crippen LogP contribution in [0.3, 0.4) is 0 Å². The zero-order chi connectivity index (χ0) is 16.8. The maximum Gasteiger partial charge on any atom is 0.253 e. The molecule has 0 unspecified atom stereocenters. The number of nitrogens with two attached hydrogens (primary N) is 1. The molecule has 122 valence electrons. The first-order valence-electron chi connectivity index (χ1n) is 8.02. The van der Waals surface area contributed by atoms with Gasteiger partial charge in [0.05, 0.1) is 0 Å². The van der Waals surface area contributed by atoms with Crippen LogP contribution in [0.1, 0.15) is 48.4 Å². The van der Waals surface area contributed by atoms with E-state index in [2.05, 4.69) is 44.1 Å². The van der Waals surface area contributed by atoms with Crippen LogP contribution in [0.5, 0.6) is 5.88 Å². The Balaban J connectivity index is 2.11. The SMILES string of the molecule is CCCCCn1nc(OCc2ccc(C)c(C)c2)c(C#N)c1N. The fraction of sp³-hybridized carbons (Fsp3) is 0.444. The molecule has 5 heteroatoms. The number of aryl methyl sites for hydroxylation is 3. The molecule has 0 radical (unpaired) electrons. The van der Waals surface area contributed by atoms with E-state index in [0.717, 1.165) is 24.8 Å². The molecule has 0 aliphatic heterocycles. The topological polar surface area (TPSA) is 76.9 Å². The minimum atomic E-state index is 0.319. The maximum absolute atomic E-state index is 9.30. The Morgan fingerprint density at radius 2 is 2.04 bits per heavy atom. The lowest BCUT2D eigenvalue weighted by molar-refractivity contribution is 0.288. The van der Waals surface area contributed by atoms with Crippen molar-refractivity contribution < 1.29 is 4.74 Å². The number of nitrogens with zero attached hydrogens (tertiary/aromatic N) is 3. The summed E-state index contributed by atoms with van der Waals surface area (Å²) in [5, 5.41) is 13.7. The molecule has 23 heavy (non-hydrogen) atoms. The van der Waals surface area contributed by atoms with Gasteiger partial charge in [0.15, 0.2) is 5.56 Å². The van der Waals surface area contributed by atoms with Gasteiger partial charge in [0, 0.05) is 6.54 Å². The molecule has 0 fully saturated rings. The molecule has 0 amide bonds. The molecular formula is C18H24N4O. The van der Waals surface area contributed by atoms with Crippen LogP contribution in [0.2, 0.25) is 0 Å². The van der Waals surface area contributed by atoms with Crippen LogP contribution in [0.25, 0.3) is 0 Å². The molecule has 2 rings (SSSR count). The van der Waals surface area contributed by atoms with Crippen molar-refractivity contribution in [1.82, 2.24) is 9.78 Å². The molecule has 2 N–H and O–H groups in total. The van der Waals surface area contributed by atoms with Gasteiger partial charge < -0.3 is 10.5 Å². The lowest BCUT2D eigenvalue weighted by Crippen LogP contribution is -2.05. The van der Waals surface area contributed by atoms with Crippen molar-refractivity contribution in [3.63, 3.8) is 0 Å². The number of nitriles is 1. The minimum absolute atomic E-state index is 0.319. The monoisotopic (exact) mass is 312 g/mol. The lowest BCUT2D eigenvalue weighted by atomic mass is 10.1. The maximum atomic E-state index is 9.30. The van der Waals surface area contributed by atoms with E-state index in [9.17, 15) is 5.26 Å². The number of rotatable bonds is 7. The fourth-order valence-electron chi connectivity index (χ4n) is 2.39. The van der Waals surface area contributed by atoms with Crippen LogP contribution in [-0.2, 0) is 13.2 Å². The Morgan fingerprint density at radius 3 is 2.70 bits per heavy atom. The first kappa shape index (κ1) is 16.9. The summed E-state index contributed by atoms with van der Waals surface area (Å²) in [5.74, 6) is 0.707. The number of ether oxygens (including phenoxy) is 1. The third-order valence-corrected chi connectivity index (χ3v) is 3.99. The second kappa shape index (κ2) is 7.68. The third kappa shape index (κ3) is 4.04. The molecular weight excluding hydrogens is 288 g/mol. The van der Waals surface area contributed by atoms with Crippen LogP contribution in [0, 0.1) is 25.2 Å². The normalized spacial score (nSPS) is 10.5. The first-order valence-corrected chi connectivity index (χ1v) is 8.02. The summed E-state index contributed by atoms with van der Waals surface area (Å²) < 4.78 is 7.41. The van der Waals surface area contributed by atoms with Gasteiger partial charge in [-0.3, -0.25) is 0 Å². The summed E-state index contributed by atoms with van der Waals surface area (Å²) in [6.07, 6.45) is 3.23. The van der Waals surface area contributed by atoms with Gasteiger partial charge >= 0.3 is 0 Å². The van der Waals surface area contributed by atoms with Gasteiger partial charge in [0.1, 0.15) is 18.5 Å². The molecule has 1 heterocycles. The average molecular weight is 312 g/mol. The van der Waals surface area contributed by atoms with Crippen molar-refractivity contribution in [2.75, 3.05) is 5.73 Å². The number of benzene rings is 1. The molecule has 1 aromatic carbocycles. The van der Waals surface area contributed by atoms with Crippen LogP contribution >= 0.6 is 0 Å². The molecule has 5 nitrogen and oxygen atoms in total. The Morgan fingerprint density at radius 1 is 1.26 bits per heavy atom. The minimum Gasteiger partial charge on any atom is -0.471 e.